The van der Waals surface area contributed by atoms with E-state index in [-0.39, 0.29) is 6.04 Å². The minimum absolute atomic E-state index is 0.0843. The Morgan fingerprint density at radius 3 is 2.78 bits per heavy atom. The second-order valence-corrected chi connectivity index (χ2v) is 7.76. The van der Waals surface area contributed by atoms with E-state index in [1.807, 2.05) is 25.1 Å². The molecule has 1 N–H and O–H groups in total. The monoisotopic (exact) mass is 340 g/mol. The Morgan fingerprint density at radius 2 is 2.04 bits per heavy atom. The molecule has 0 bridgehead atoms. The molecule has 7 nitrogen and oxygen atoms in total. The van der Waals surface area contributed by atoms with Crippen LogP contribution in [-0.2, 0) is 14.9 Å². The van der Waals surface area contributed by atoms with E-state index in [4.69, 9.17) is 4.74 Å². The number of aromatic nitrogens is 1. The Bertz CT molecular complexity index is 631. The zero-order valence-corrected chi connectivity index (χ0v) is 14.3. The fourth-order valence-electron chi connectivity index (χ4n) is 3.06. The van der Waals surface area contributed by atoms with Gasteiger partial charge in [-0.2, -0.15) is 17.4 Å². The summed E-state index contributed by atoms with van der Waals surface area (Å²) in [6.45, 7) is 5.30. The second kappa shape index (κ2) is 7.12. The Labute approximate surface area is 137 Å². The lowest BCUT2D eigenvalue weighted by atomic mass is 10.1. The van der Waals surface area contributed by atoms with Crippen molar-refractivity contribution in [3.05, 3.63) is 23.9 Å². The molecule has 128 valence electrons. The lowest BCUT2D eigenvalue weighted by Crippen LogP contribution is -2.54. The molecule has 2 fully saturated rings. The van der Waals surface area contributed by atoms with E-state index in [0.29, 0.717) is 32.8 Å². The molecule has 0 spiro atoms. The third-order valence-corrected chi connectivity index (χ3v) is 5.92. The van der Waals surface area contributed by atoms with Gasteiger partial charge in [0.15, 0.2) is 0 Å². The molecule has 1 aromatic rings. The van der Waals surface area contributed by atoms with Gasteiger partial charge in [-0.15, -0.1) is 0 Å². The number of nitrogens with one attached hydrogen (secondary N) is 1. The summed E-state index contributed by atoms with van der Waals surface area (Å²) in [4.78, 5) is 6.70. The molecule has 3 heterocycles. The number of aryl methyl sites for hydroxylation is 1. The van der Waals surface area contributed by atoms with Crippen molar-refractivity contribution in [3.8, 4) is 0 Å². The molecule has 2 saturated heterocycles. The molecular weight excluding hydrogens is 316 g/mol. The van der Waals surface area contributed by atoms with Gasteiger partial charge < -0.3 is 9.64 Å². The first-order chi connectivity index (χ1) is 11.0. The number of hydrogen-bond donors (Lipinski definition) is 1. The molecule has 3 rings (SSSR count). The van der Waals surface area contributed by atoms with Gasteiger partial charge in [-0.05, 0) is 31.9 Å². The van der Waals surface area contributed by atoms with Crippen molar-refractivity contribution < 1.29 is 13.2 Å². The van der Waals surface area contributed by atoms with Crippen molar-refractivity contribution in [3.63, 3.8) is 0 Å². The lowest BCUT2D eigenvalue weighted by Gasteiger charge is -2.35. The van der Waals surface area contributed by atoms with Crippen LogP contribution in [-0.4, -0.2) is 63.1 Å². The predicted octanol–water partition coefficient (Wildman–Crippen LogP) is 0.525. The van der Waals surface area contributed by atoms with Crippen LogP contribution in [0, 0.1) is 6.92 Å². The highest BCUT2D eigenvalue weighted by Gasteiger charge is 2.29. The maximum atomic E-state index is 12.5. The molecule has 0 amide bonds. The molecular formula is C15H24N4O3S. The molecule has 0 radical (unpaired) electrons. The van der Waals surface area contributed by atoms with Gasteiger partial charge in [0.1, 0.15) is 5.82 Å². The smallest absolute Gasteiger partial charge is 0.279 e. The Kier molecular flexibility index (Phi) is 5.15. The standard InChI is InChI=1S/C15H24N4O3S/c1-13-4-2-6-15(16-13)18-7-3-5-14(12-18)17-23(20,21)19-8-10-22-11-9-19/h2,4,6,14,17H,3,5,7-12H2,1H3/t14-/m1/s1. The van der Waals surface area contributed by atoms with E-state index in [2.05, 4.69) is 14.6 Å². The fraction of sp³-hybridized carbons (Fsp3) is 0.667. The number of morpholine rings is 1. The van der Waals surface area contributed by atoms with Gasteiger partial charge in [-0.1, -0.05) is 6.07 Å². The number of nitrogens with zero attached hydrogens (tertiary/aromatic N) is 3. The minimum atomic E-state index is -3.44. The summed E-state index contributed by atoms with van der Waals surface area (Å²) in [5.41, 5.74) is 0.971. The largest absolute Gasteiger partial charge is 0.379 e. The van der Waals surface area contributed by atoms with E-state index in [1.165, 1.54) is 4.31 Å². The van der Waals surface area contributed by atoms with E-state index < -0.39 is 10.2 Å². The van der Waals surface area contributed by atoms with Crippen molar-refractivity contribution in [2.75, 3.05) is 44.3 Å². The molecule has 2 aliphatic rings. The van der Waals surface area contributed by atoms with Gasteiger partial charge >= 0.3 is 0 Å². The van der Waals surface area contributed by atoms with Crippen molar-refractivity contribution in [2.45, 2.75) is 25.8 Å². The van der Waals surface area contributed by atoms with Crippen LogP contribution in [0.3, 0.4) is 0 Å². The fourth-order valence-corrected chi connectivity index (χ4v) is 4.45. The molecule has 1 atom stereocenters. The Hall–Kier alpha value is -1.22. The van der Waals surface area contributed by atoms with Gasteiger partial charge in [-0.3, -0.25) is 0 Å². The second-order valence-electron chi connectivity index (χ2n) is 6.06. The number of ether oxygens (including phenoxy) is 1. The zero-order chi connectivity index (χ0) is 16.3. The first-order valence-electron chi connectivity index (χ1n) is 8.08. The van der Waals surface area contributed by atoms with Crippen LogP contribution < -0.4 is 9.62 Å². The lowest BCUT2D eigenvalue weighted by molar-refractivity contribution is 0.0722. The Balaban J connectivity index is 1.64. The predicted molar refractivity (Wildman–Crippen MR) is 88.7 cm³/mol. The van der Waals surface area contributed by atoms with Crippen LogP contribution >= 0.6 is 0 Å². The van der Waals surface area contributed by atoms with E-state index in [0.717, 1.165) is 30.9 Å². The molecule has 0 aromatic carbocycles. The molecule has 0 unspecified atom stereocenters. The maximum Gasteiger partial charge on any atom is 0.279 e. The Morgan fingerprint density at radius 1 is 1.26 bits per heavy atom. The summed E-state index contributed by atoms with van der Waals surface area (Å²) in [7, 11) is -3.44. The molecule has 0 saturated carbocycles. The first-order valence-corrected chi connectivity index (χ1v) is 9.52. The van der Waals surface area contributed by atoms with Crippen molar-refractivity contribution in [2.24, 2.45) is 0 Å². The highest BCUT2D eigenvalue weighted by molar-refractivity contribution is 7.87. The molecule has 1 aromatic heterocycles. The average Bonchev–Trinajstić information content (AvgIpc) is 2.55. The van der Waals surface area contributed by atoms with E-state index >= 15 is 0 Å². The van der Waals surface area contributed by atoms with Gasteiger partial charge in [0, 0.05) is 37.9 Å². The van der Waals surface area contributed by atoms with E-state index in [1.54, 1.807) is 0 Å². The number of hydrogen-bond acceptors (Lipinski definition) is 5. The van der Waals surface area contributed by atoms with Gasteiger partial charge in [-0.25, -0.2) is 4.98 Å². The number of piperidine rings is 1. The highest BCUT2D eigenvalue weighted by Crippen LogP contribution is 2.19. The quantitative estimate of drug-likeness (QED) is 0.865. The van der Waals surface area contributed by atoms with Gasteiger partial charge in [0.25, 0.3) is 10.2 Å². The summed E-state index contributed by atoms with van der Waals surface area (Å²) >= 11 is 0. The summed E-state index contributed by atoms with van der Waals surface area (Å²) in [5, 5.41) is 0. The number of rotatable bonds is 4. The molecule has 23 heavy (non-hydrogen) atoms. The van der Waals surface area contributed by atoms with E-state index in [9.17, 15) is 8.42 Å². The van der Waals surface area contributed by atoms with Crippen LogP contribution in [0.1, 0.15) is 18.5 Å². The van der Waals surface area contributed by atoms with Crippen molar-refractivity contribution >= 4 is 16.0 Å². The maximum absolute atomic E-state index is 12.5. The third kappa shape index (κ3) is 4.20. The van der Waals surface area contributed by atoms with Gasteiger partial charge in [0.05, 0.1) is 13.2 Å². The SMILES string of the molecule is Cc1cccc(N2CCC[C@@H](NS(=O)(=O)N3CCOCC3)C2)n1. The van der Waals surface area contributed by atoms with Crippen LogP contribution in [0.15, 0.2) is 18.2 Å². The summed E-state index contributed by atoms with van der Waals surface area (Å²) in [5.74, 6) is 0.917. The van der Waals surface area contributed by atoms with Crippen LogP contribution in [0.2, 0.25) is 0 Å². The third-order valence-electron chi connectivity index (χ3n) is 4.24. The van der Waals surface area contributed by atoms with Crippen molar-refractivity contribution in [1.29, 1.82) is 0 Å². The van der Waals surface area contributed by atoms with Gasteiger partial charge in [0.2, 0.25) is 0 Å². The molecule has 0 aliphatic carbocycles. The van der Waals surface area contributed by atoms with Crippen LogP contribution in [0.5, 0.6) is 0 Å². The highest BCUT2D eigenvalue weighted by atomic mass is 32.2. The minimum Gasteiger partial charge on any atom is -0.379 e. The zero-order valence-electron chi connectivity index (χ0n) is 13.4. The van der Waals surface area contributed by atoms with Crippen molar-refractivity contribution in [1.82, 2.24) is 14.0 Å². The number of pyridine rings is 1. The molecule has 8 heteroatoms. The summed E-state index contributed by atoms with van der Waals surface area (Å²) in [6.07, 6.45) is 1.80. The summed E-state index contributed by atoms with van der Waals surface area (Å²) < 4.78 is 34.5. The van der Waals surface area contributed by atoms with Crippen LogP contribution in [0.25, 0.3) is 0 Å². The van der Waals surface area contributed by atoms with Crippen LogP contribution in [0.4, 0.5) is 5.82 Å². The summed E-state index contributed by atoms with van der Waals surface area (Å²) in [6, 6.07) is 5.84. The number of anilines is 1. The first kappa shape index (κ1) is 16.6. The molecule has 2 aliphatic heterocycles. The average molecular weight is 340 g/mol. The topological polar surface area (TPSA) is 74.8 Å². The normalized spacial score (nSPS) is 23.9.